The molecular weight excluding hydrogens is 260 g/mol. The molecule has 0 unspecified atom stereocenters. The average molecular weight is 279 g/mol. The van der Waals surface area contributed by atoms with Crippen LogP contribution in [-0.4, -0.2) is 40.2 Å². The number of nitrogens with zero attached hydrogens (tertiary/aromatic N) is 2. The summed E-state index contributed by atoms with van der Waals surface area (Å²) in [6, 6.07) is 0. The fourth-order valence-electron chi connectivity index (χ4n) is 0.666. The molecule has 0 saturated carbocycles. The van der Waals surface area contributed by atoms with E-state index >= 15 is 0 Å². The minimum atomic E-state index is -1.71. The van der Waals surface area contributed by atoms with E-state index in [4.69, 9.17) is 4.43 Å². The van der Waals surface area contributed by atoms with Crippen molar-refractivity contribution in [2.24, 2.45) is 5.10 Å². The molecule has 0 aromatic heterocycles. The van der Waals surface area contributed by atoms with Gasteiger partial charge in [0.2, 0.25) is 8.32 Å². The molecule has 0 aliphatic carbocycles. The number of rotatable bonds is 6. The highest BCUT2D eigenvalue weighted by molar-refractivity contribution is 9.12. The zero-order valence-corrected chi connectivity index (χ0v) is 12.0. The van der Waals surface area contributed by atoms with Gasteiger partial charge in [-0.05, 0) is 13.1 Å². The van der Waals surface area contributed by atoms with Crippen LogP contribution < -0.4 is 0 Å². The Kier molecular flexibility index (Phi) is 6.31. The molecule has 0 aromatic carbocycles. The lowest BCUT2D eigenvalue weighted by atomic mass is 10.5. The van der Waals surface area contributed by atoms with Gasteiger partial charge in [0.15, 0.2) is 0 Å². The molecule has 14 heavy (non-hydrogen) atoms. The molecule has 0 aliphatic heterocycles. The van der Waals surface area contributed by atoms with Crippen LogP contribution in [0.2, 0.25) is 13.1 Å². The fourth-order valence-corrected chi connectivity index (χ4v) is 1.79. The summed E-state index contributed by atoms with van der Waals surface area (Å²) in [6.07, 6.45) is 2.70. The molecule has 0 amide bonds. The van der Waals surface area contributed by atoms with Crippen LogP contribution in [0, 0.1) is 0 Å². The third-order valence-corrected chi connectivity index (χ3v) is 6.77. The predicted octanol–water partition coefficient (Wildman–Crippen LogP) is 2.59. The molecule has 3 nitrogen and oxygen atoms in total. The van der Waals surface area contributed by atoms with Crippen molar-refractivity contribution in [1.29, 1.82) is 0 Å². The van der Waals surface area contributed by atoms with Gasteiger partial charge in [-0.1, -0.05) is 22.5 Å². The van der Waals surface area contributed by atoms with Crippen LogP contribution >= 0.6 is 15.9 Å². The number of halogens is 1. The molecule has 0 spiro atoms. The summed E-state index contributed by atoms with van der Waals surface area (Å²) < 4.78 is 6.75. The van der Waals surface area contributed by atoms with E-state index in [0.29, 0.717) is 6.61 Å². The normalized spacial score (nSPS) is 12.1. The van der Waals surface area contributed by atoms with Crippen LogP contribution in [0.15, 0.2) is 15.8 Å². The Bertz CT molecular complexity index is 217. The Morgan fingerprint density at radius 3 is 2.57 bits per heavy atom. The van der Waals surface area contributed by atoms with Gasteiger partial charge in [0.05, 0.1) is 0 Å². The minimum Gasteiger partial charge on any atom is -0.412 e. The molecule has 0 saturated heterocycles. The Morgan fingerprint density at radius 1 is 1.57 bits per heavy atom. The van der Waals surface area contributed by atoms with Gasteiger partial charge in [0, 0.05) is 37.4 Å². The second-order valence-electron chi connectivity index (χ2n) is 3.70. The molecule has 0 N–H and O–H groups in total. The zero-order valence-electron chi connectivity index (χ0n) is 9.38. The van der Waals surface area contributed by atoms with Gasteiger partial charge < -0.3 is 9.43 Å². The summed E-state index contributed by atoms with van der Waals surface area (Å²) in [7, 11) is 2.09. The third-order valence-electron chi connectivity index (χ3n) is 1.68. The van der Waals surface area contributed by atoms with Crippen LogP contribution in [0.4, 0.5) is 0 Å². The molecule has 0 atom stereocenters. The van der Waals surface area contributed by atoms with Crippen molar-refractivity contribution < 1.29 is 4.43 Å². The summed E-state index contributed by atoms with van der Waals surface area (Å²) in [4.78, 5) is 0. The van der Waals surface area contributed by atoms with Gasteiger partial charge >= 0.3 is 0 Å². The quantitative estimate of drug-likeness (QED) is 0.323. The van der Waals surface area contributed by atoms with E-state index in [2.05, 4.69) is 40.7 Å². The van der Waals surface area contributed by atoms with Crippen LogP contribution in [0.1, 0.15) is 6.42 Å². The Balaban J connectivity index is 3.69. The number of hydrogen-bond donors (Lipinski definition) is 0. The maximum absolute atomic E-state index is 5.76. The second-order valence-corrected chi connectivity index (χ2v) is 9.30. The van der Waals surface area contributed by atoms with E-state index in [-0.39, 0.29) is 0 Å². The van der Waals surface area contributed by atoms with Crippen LogP contribution in [0.3, 0.4) is 0 Å². The maximum Gasteiger partial charge on any atom is 0.224 e. The first kappa shape index (κ1) is 13.9. The summed E-state index contributed by atoms with van der Waals surface area (Å²) in [5.74, 6) is 0. The van der Waals surface area contributed by atoms with E-state index in [1.54, 1.807) is 5.01 Å². The Hall–Kier alpha value is -0.133. The maximum atomic E-state index is 5.76. The highest BCUT2D eigenvalue weighted by atomic mass is 79.9. The van der Waals surface area contributed by atoms with E-state index in [0.717, 1.165) is 10.5 Å². The predicted molar refractivity (Wildman–Crippen MR) is 68.3 cm³/mol. The van der Waals surface area contributed by atoms with Gasteiger partial charge in [-0.2, -0.15) is 5.10 Å². The number of hydrazone groups is 1. The lowest BCUT2D eigenvalue weighted by Crippen LogP contribution is -2.31. The lowest BCUT2D eigenvalue weighted by molar-refractivity contribution is 0.326. The van der Waals surface area contributed by atoms with Crippen molar-refractivity contribution >= 4 is 30.5 Å². The van der Waals surface area contributed by atoms with Crippen molar-refractivity contribution in [3.63, 3.8) is 0 Å². The van der Waals surface area contributed by atoms with Gasteiger partial charge in [-0.25, -0.2) is 0 Å². The van der Waals surface area contributed by atoms with Gasteiger partial charge in [0.1, 0.15) is 0 Å². The fraction of sp³-hybridized carbons (Fsp3) is 0.667. The minimum absolute atomic E-state index is 0.710. The molecule has 0 bridgehead atoms. The molecule has 0 heterocycles. The lowest BCUT2D eigenvalue weighted by Gasteiger charge is -2.21. The van der Waals surface area contributed by atoms with E-state index in [9.17, 15) is 0 Å². The van der Waals surface area contributed by atoms with Gasteiger partial charge in [-0.15, -0.1) is 0 Å². The zero-order chi connectivity index (χ0) is 11.2. The third kappa shape index (κ3) is 6.34. The Labute approximate surface area is 96.1 Å². The van der Waals surface area contributed by atoms with Crippen molar-refractivity contribution in [2.45, 2.75) is 19.5 Å². The van der Waals surface area contributed by atoms with Crippen LogP contribution in [0.5, 0.6) is 0 Å². The number of hydrogen-bond acceptors (Lipinski definition) is 3. The van der Waals surface area contributed by atoms with E-state index < -0.39 is 8.32 Å². The first-order valence-electron chi connectivity index (χ1n) is 4.55. The summed E-state index contributed by atoms with van der Waals surface area (Å²) in [6.45, 7) is 8.81. The summed E-state index contributed by atoms with van der Waals surface area (Å²) in [5, 5.41) is 5.87. The summed E-state index contributed by atoms with van der Waals surface area (Å²) in [5.41, 5.74) is 0. The second kappa shape index (κ2) is 6.37. The summed E-state index contributed by atoms with van der Waals surface area (Å²) >= 11 is 3.39. The highest BCUT2D eigenvalue weighted by Crippen LogP contribution is 2.19. The van der Waals surface area contributed by atoms with Crippen LogP contribution in [0.25, 0.3) is 0 Å². The van der Waals surface area contributed by atoms with Crippen LogP contribution in [-0.2, 0) is 4.43 Å². The van der Waals surface area contributed by atoms with Crippen molar-refractivity contribution in [3.8, 4) is 0 Å². The van der Waals surface area contributed by atoms with Crippen molar-refractivity contribution in [2.75, 3.05) is 20.7 Å². The average Bonchev–Trinajstić information content (AvgIpc) is 2.02. The molecule has 0 radical (unpaired) electrons. The molecule has 0 aromatic rings. The molecule has 0 rings (SSSR count). The first-order valence-corrected chi connectivity index (χ1v) is 8.25. The highest BCUT2D eigenvalue weighted by Gasteiger charge is 2.24. The van der Waals surface area contributed by atoms with Crippen molar-refractivity contribution in [1.82, 2.24) is 5.01 Å². The molecule has 82 valence electrons. The molecule has 5 heteroatoms. The van der Waals surface area contributed by atoms with E-state index in [1.807, 2.05) is 20.3 Å². The van der Waals surface area contributed by atoms with E-state index in [1.165, 1.54) is 0 Å². The standard InChI is InChI=1S/C9H19BrN2OSi/c1-9(10)14(4,5)13-8-6-7-11-12(2)3/h7H,1,6,8H2,2-5H3/b11-7+. The van der Waals surface area contributed by atoms with Gasteiger partial charge in [-0.3, -0.25) is 0 Å². The van der Waals surface area contributed by atoms with Gasteiger partial charge in [0.25, 0.3) is 0 Å². The van der Waals surface area contributed by atoms with Crippen molar-refractivity contribution in [3.05, 3.63) is 10.7 Å². The molecule has 0 fully saturated rings. The SMILES string of the molecule is C=C(Br)[Si](C)(C)OCC/C=N/N(C)C. The Morgan fingerprint density at radius 2 is 2.14 bits per heavy atom. The smallest absolute Gasteiger partial charge is 0.224 e. The molecular formula is C9H19BrN2OSi. The largest absolute Gasteiger partial charge is 0.412 e. The monoisotopic (exact) mass is 278 g/mol. The first-order chi connectivity index (χ1) is 6.36. The molecule has 0 aliphatic rings. The topological polar surface area (TPSA) is 24.8 Å².